The van der Waals surface area contributed by atoms with E-state index in [1.165, 1.54) is 6.07 Å². The lowest BCUT2D eigenvalue weighted by atomic mass is 10.2. The van der Waals surface area contributed by atoms with Gasteiger partial charge in [-0.1, -0.05) is 6.07 Å². The predicted octanol–water partition coefficient (Wildman–Crippen LogP) is 3.87. The number of hydrogen-bond donors (Lipinski definition) is 1. The normalized spacial score (nSPS) is 19.6. The van der Waals surface area contributed by atoms with Crippen molar-refractivity contribution in [2.75, 3.05) is 47.8 Å². The molecule has 2 amide bonds. The molecule has 0 radical (unpaired) electrons. The minimum atomic E-state index is -0.284. The monoisotopic (exact) mass is 397 g/mol. The first kappa shape index (κ1) is 19.5. The van der Waals surface area contributed by atoms with Crippen LogP contribution in [0.4, 0.5) is 26.4 Å². The van der Waals surface area contributed by atoms with Gasteiger partial charge in [0, 0.05) is 50.1 Å². The van der Waals surface area contributed by atoms with Crippen LogP contribution >= 0.6 is 0 Å². The van der Waals surface area contributed by atoms with Gasteiger partial charge >= 0.3 is 6.03 Å². The van der Waals surface area contributed by atoms with Crippen LogP contribution in [0.15, 0.2) is 36.4 Å². The summed E-state index contributed by atoms with van der Waals surface area (Å²) in [5.41, 5.74) is 2.09. The summed E-state index contributed by atoms with van der Waals surface area (Å²) in [5.74, 6) is 0.657. The lowest BCUT2D eigenvalue weighted by molar-refractivity contribution is 0.184. The van der Waals surface area contributed by atoms with E-state index in [1.807, 2.05) is 32.0 Å². The number of anilines is 3. The zero-order valence-corrected chi connectivity index (χ0v) is 17.1. The van der Waals surface area contributed by atoms with Gasteiger partial charge in [0.25, 0.3) is 0 Å². The van der Waals surface area contributed by atoms with Gasteiger partial charge in [-0.25, -0.2) is 14.2 Å². The van der Waals surface area contributed by atoms with Crippen LogP contribution in [0.5, 0.6) is 0 Å². The van der Waals surface area contributed by atoms with Gasteiger partial charge in [0.2, 0.25) is 0 Å². The molecule has 6 nitrogen and oxygen atoms in total. The number of hydrogen-bond acceptors (Lipinski definition) is 4. The highest BCUT2D eigenvalue weighted by Gasteiger charge is 2.28. The van der Waals surface area contributed by atoms with Crippen molar-refractivity contribution in [3.63, 3.8) is 0 Å². The fraction of sp³-hybridized carbons (Fsp3) is 0.455. The fourth-order valence-electron chi connectivity index (χ4n) is 4.17. The van der Waals surface area contributed by atoms with Crippen LogP contribution in [0.2, 0.25) is 0 Å². The van der Waals surface area contributed by atoms with E-state index in [1.54, 1.807) is 17.0 Å². The average molecular weight is 397 g/mol. The standard InChI is InChI=1S/C22H28FN5O/c1-16-6-5-7-21(24-16)27-12-13-28(17(2)15-27)22(29)25-18-8-9-20(19(23)14-18)26-10-3-4-11-26/h5-9,14,17H,3-4,10-13,15H2,1-2H3,(H,25,29). The SMILES string of the molecule is Cc1cccc(N2CCN(C(=O)Nc3ccc(N4CCCC4)c(F)c3)C(C)C2)n1. The fourth-order valence-corrected chi connectivity index (χ4v) is 4.17. The Labute approximate surface area is 171 Å². The predicted molar refractivity (Wildman–Crippen MR) is 114 cm³/mol. The number of carbonyl (C=O) groups is 1. The Hall–Kier alpha value is -2.83. The number of amides is 2. The summed E-state index contributed by atoms with van der Waals surface area (Å²) < 4.78 is 14.5. The molecule has 154 valence electrons. The van der Waals surface area contributed by atoms with E-state index < -0.39 is 0 Å². The second kappa shape index (κ2) is 8.27. The Balaban J connectivity index is 1.38. The molecule has 0 aliphatic carbocycles. The Kier molecular flexibility index (Phi) is 5.56. The molecule has 1 unspecified atom stereocenters. The molecule has 0 saturated carbocycles. The van der Waals surface area contributed by atoms with Crippen LogP contribution in [0.1, 0.15) is 25.5 Å². The first-order valence-corrected chi connectivity index (χ1v) is 10.3. The first-order chi connectivity index (χ1) is 14.0. The van der Waals surface area contributed by atoms with Gasteiger partial charge in [-0.3, -0.25) is 0 Å². The molecule has 2 aromatic rings. The number of halogens is 1. The summed E-state index contributed by atoms with van der Waals surface area (Å²) in [7, 11) is 0. The van der Waals surface area contributed by atoms with E-state index in [2.05, 4.69) is 20.1 Å². The molecule has 4 rings (SSSR count). The van der Waals surface area contributed by atoms with Crippen molar-refractivity contribution < 1.29 is 9.18 Å². The minimum absolute atomic E-state index is 0.0276. The van der Waals surface area contributed by atoms with Gasteiger partial charge in [0.05, 0.1) is 5.69 Å². The highest BCUT2D eigenvalue weighted by Crippen LogP contribution is 2.26. The number of carbonyl (C=O) groups excluding carboxylic acids is 1. The van der Waals surface area contributed by atoms with Crippen molar-refractivity contribution in [1.82, 2.24) is 9.88 Å². The third-order valence-corrected chi connectivity index (χ3v) is 5.73. The summed E-state index contributed by atoms with van der Waals surface area (Å²) in [6.45, 7) is 7.81. The zero-order chi connectivity index (χ0) is 20.4. The molecule has 2 aliphatic rings. The second-order valence-corrected chi connectivity index (χ2v) is 7.92. The van der Waals surface area contributed by atoms with Crippen molar-refractivity contribution in [3.05, 3.63) is 47.9 Å². The van der Waals surface area contributed by atoms with E-state index in [4.69, 9.17) is 0 Å². The number of pyridine rings is 1. The van der Waals surface area contributed by atoms with Crippen molar-refractivity contribution in [2.24, 2.45) is 0 Å². The van der Waals surface area contributed by atoms with Gasteiger partial charge in [-0.2, -0.15) is 0 Å². The lowest BCUT2D eigenvalue weighted by Gasteiger charge is -2.40. The molecule has 1 aromatic carbocycles. The molecule has 1 atom stereocenters. The number of benzene rings is 1. The molecule has 0 bridgehead atoms. The largest absolute Gasteiger partial charge is 0.369 e. The van der Waals surface area contributed by atoms with Crippen LogP contribution in [0, 0.1) is 12.7 Å². The average Bonchev–Trinajstić information content (AvgIpc) is 3.22. The van der Waals surface area contributed by atoms with Crippen molar-refractivity contribution >= 4 is 23.2 Å². The van der Waals surface area contributed by atoms with Crippen LogP contribution in [-0.2, 0) is 0 Å². The molecule has 2 fully saturated rings. The van der Waals surface area contributed by atoms with Crippen LogP contribution in [-0.4, -0.2) is 54.7 Å². The van der Waals surface area contributed by atoms with E-state index in [0.717, 1.165) is 44.0 Å². The second-order valence-electron chi connectivity index (χ2n) is 7.92. The number of urea groups is 1. The number of nitrogens with one attached hydrogen (secondary N) is 1. The Morgan fingerprint density at radius 3 is 2.59 bits per heavy atom. The number of aryl methyl sites for hydroxylation is 1. The molecule has 29 heavy (non-hydrogen) atoms. The zero-order valence-electron chi connectivity index (χ0n) is 17.1. The van der Waals surface area contributed by atoms with Gasteiger partial charge in [0.1, 0.15) is 11.6 Å². The molecule has 2 saturated heterocycles. The molecule has 0 spiro atoms. The van der Waals surface area contributed by atoms with Gasteiger partial charge in [-0.15, -0.1) is 0 Å². The lowest BCUT2D eigenvalue weighted by Crippen LogP contribution is -2.55. The van der Waals surface area contributed by atoms with Crippen molar-refractivity contribution in [1.29, 1.82) is 0 Å². The molecular formula is C22H28FN5O. The molecule has 7 heteroatoms. The highest BCUT2D eigenvalue weighted by atomic mass is 19.1. The molecule has 3 heterocycles. The topological polar surface area (TPSA) is 51.7 Å². The Morgan fingerprint density at radius 1 is 1.10 bits per heavy atom. The maximum atomic E-state index is 14.5. The van der Waals surface area contributed by atoms with Crippen molar-refractivity contribution in [2.45, 2.75) is 32.7 Å². The third kappa shape index (κ3) is 4.28. The first-order valence-electron chi connectivity index (χ1n) is 10.3. The highest BCUT2D eigenvalue weighted by molar-refractivity contribution is 5.90. The summed E-state index contributed by atoms with van der Waals surface area (Å²) >= 11 is 0. The molecule has 2 aliphatic heterocycles. The van der Waals surface area contributed by atoms with Crippen molar-refractivity contribution in [3.8, 4) is 0 Å². The molecular weight excluding hydrogens is 369 g/mol. The van der Waals surface area contributed by atoms with Gasteiger partial charge in [0.15, 0.2) is 0 Å². The smallest absolute Gasteiger partial charge is 0.322 e. The number of rotatable bonds is 3. The Bertz CT molecular complexity index is 883. The van der Waals surface area contributed by atoms with E-state index in [0.29, 0.717) is 24.5 Å². The van der Waals surface area contributed by atoms with Gasteiger partial charge < -0.3 is 20.0 Å². The van der Waals surface area contributed by atoms with E-state index >= 15 is 0 Å². The third-order valence-electron chi connectivity index (χ3n) is 5.73. The minimum Gasteiger partial charge on any atom is -0.369 e. The van der Waals surface area contributed by atoms with E-state index in [-0.39, 0.29) is 17.9 Å². The maximum absolute atomic E-state index is 14.5. The summed E-state index contributed by atoms with van der Waals surface area (Å²) in [6.07, 6.45) is 2.19. The maximum Gasteiger partial charge on any atom is 0.322 e. The van der Waals surface area contributed by atoms with Crippen LogP contribution < -0.4 is 15.1 Å². The number of piperazine rings is 1. The van der Waals surface area contributed by atoms with E-state index in [9.17, 15) is 9.18 Å². The summed E-state index contributed by atoms with van der Waals surface area (Å²) in [6, 6.07) is 10.8. The van der Waals surface area contributed by atoms with Crippen LogP contribution in [0.25, 0.3) is 0 Å². The quantitative estimate of drug-likeness (QED) is 0.854. The summed E-state index contributed by atoms with van der Waals surface area (Å²) in [5, 5.41) is 2.86. The Morgan fingerprint density at radius 2 is 1.90 bits per heavy atom. The number of aromatic nitrogens is 1. The summed E-state index contributed by atoms with van der Waals surface area (Å²) in [4.78, 5) is 23.4. The van der Waals surface area contributed by atoms with Crippen LogP contribution in [0.3, 0.4) is 0 Å². The molecule has 1 aromatic heterocycles. The number of nitrogens with zero attached hydrogens (tertiary/aromatic N) is 4. The van der Waals surface area contributed by atoms with Gasteiger partial charge in [-0.05, 0) is 57.0 Å². The molecule has 1 N–H and O–H groups in total.